The second kappa shape index (κ2) is 5.44. The Balaban J connectivity index is 2.13. The van der Waals surface area contributed by atoms with E-state index in [9.17, 15) is 4.79 Å². The number of carbonyl (C=O) groups excluding carboxylic acids is 1. The summed E-state index contributed by atoms with van der Waals surface area (Å²) in [5, 5.41) is 8.81. The minimum absolute atomic E-state index is 0.0676. The molecule has 0 radical (unpaired) electrons. The standard InChI is InChI=1S/C16H20N2O/c1-4-18(16(19)15-9-11(15)2)12(3)14-7-5-13(10-17)6-8-14/h5-8,11-12,15H,4,9H2,1-3H3/t11-,12-,15-/m1/s1. The molecule has 1 aliphatic carbocycles. The minimum Gasteiger partial charge on any atom is -0.336 e. The summed E-state index contributed by atoms with van der Waals surface area (Å²) in [6.07, 6.45) is 1.02. The van der Waals surface area contributed by atoms with E-state index in [1.54, 1.807) is 0 Å². The Morgan fingerprint density at radius 3 is 2.47 bits per heavy atom. The maximum atomic E-state index is 12.4. The summed E-state index contributed by atoms with van der Waals surface area (Å²) < 4.78 is 0. The molecule has 19 heavy (non-hydrogen) atoms. The fourth-order valence-electron chi connectivity index (χ4n) is 2.52. The van der Waals surface area contributed by atoms with Crippen LogP contribution in [0.1, 0.15) is 44.4 Å². The first kappa shape index (κ1) is 13.6. The molecule has 0 aromatic heterocycles. The van der Waals surface area contributed by atoms with Crippen molar-refractivity contribution in [3.63, 3.8) is 0 Å². The first-order valence-electron chi connectivity index (χ1n) is 6.89. The lowest BCUT2D eigenvalue weighted by Gasteiger charge is -2.28. The van der Waals surface area contributed by atoms with Gasteiger partial charge in [-0.2, -0.15) is 5.26 Å². The van der Waals surface area contributed by atoms with Crippen molar-refractivity contribution in [2.45, 2.75) is 33.2 Å². The molecule has 1 aromatic carbocycles. The molecule has 1 fully saturated rings. The van der Waals surface area contributed by atoms with E-state index in [2.05, 4.69) is 19.9 Å². The molecule has 0 heterocycles. The van der Waals surface area contributed by atoms with E-state index in [-0.39, 0.29) is 17.9 Å². The molecule has 1 aromatic rings. The first-order valence-corrected chi connectivity index (χ1v) is 6.89. The third kappa shape index (κ3) is 2.78. The Labute approximate surface area is 114 Å². The maximum Gasteiger partial charge on any atom is 0.226 e. The molecular weight excluding hydrogens is 236 g/mol. The van der Waals surface area contributed by atoms with E-state index in [0.29, 0.717) is 11.5 Å². The van der Waals surface area contributed by atoms with E-state index in [1.807, 2.05) is 36.1 Å². The van der Waals surface area contributed by atoms with Crippen LogP contribution in [0.5, 0.6) is 0 Å². The van der Waals surface area contributed by atoms with Crippen molar-refractivity contribution in [3.05, 3.63) is 35.4 Å². The van der Waals surface area contributed by atoms with Crippen LogP contribution < -0.4 is 0 Å². The van der Waals surface area contributed by atoms with Gasteiger partial charge in [-0.15, -0.1) is 0 Å². The van der Waals surface area contributed by atoms with Gasteiger partial charge in [0.1, 0.15) is 0 Å². The average Bonchev–Trinajstić information content (AvgIpc) is 3.16. The van der Waals surface area contributed by atoms with E-state index in [1.165, 1.54) is 0 Å². The number of rotatable bonds is 4. The van der Waals surface area contributed by atoms with Crippen molar-refractivity contribution in [2.24, 2.45) is 11.8 Å². The van der Waals surface area contributed by atoms with Crippen molar-refractivity contribution in [3.8, 4) is 6.07 Å². The van der Waals surface area contributed by atoms with Crippen molar-refractivity contribution in [1.82, 2.24) is 4.90 Å². The van der Waals surface area contributed by atoms with Gasteiger partial charge in [-0.1, -0.05) is 19.1 Å². The minimum atomic E-state index is 0.0676. The zero-order valence-corrected chi connectivity index (χ0v) is 11.8. The Morgan fingerprint density at radius 1 is 1.47 bits per heavy atom. The lowest BCUT2D eigenvalue weighted by Crippen LogP contribution is -2.34. The first-order chi connectivity index (χ1) is 9.08. The lowest BCUT2D eigenvalue weighted by molar-refractivity contribution is -0.134. The fraction of sp³-hybridized carbons (Fsp3) is 0.500. The maximum absolute atomic E-state index is 12.4. The van der Waals surface area contributed by atoms with Gasteiger partial charge >= 0.3 is 0 Å². The Morgan fingerprint density at radius 2 is 2.05 bits per heavy atom. The summed E-state index contributed by atoms with van der Waals surface area (Å²) in [5.74, 6) is 1.03. The van der Waals surface area contributed by atoms with Gasteiger partial charge in [0, 0.05) is 12.5 Å². The Bertz CT molecular complexity index is 500. The van der Waals surface area contributed by atoms with E-state index >= 15 is 0 Å². The lowest BCUT2D eigenvalue weighted by atomic mass is 10.0. The number of carbonyl (C=O) groups is 1. The van der Waals surface area contributed by atoms with Crippen LogP contribution in [0.2, 0.25) is 0 Å². The van der Waals surface area contributed by atoms with Crippen LogP contribution in [0.15, 0.2) is 24.3 Å². The molecular formula is C16H20N2O. The highest BCUT2D eigenvalue weighted by Crippen LogP contribution is 2.40. The molecule has 0 aliphatic heterocycles. The molecule has 3 nitrogen and oxygen atoms in total. The molecule has 0 N–H and O–H groups in total. The highest BCUT2D eigenvalue weighted by molar-refractivity contribution is 5.82. The number of nitriles is 1. The van der Waals surface area contributed by atoms with Gasteiger partial charge in [0.2, 0.25) is 5.91 Å². The van der Waals surface area contributed by atoms with E-state index in [4.69, 9.17) is 5.26 Å². The molecule has 100 valence electrons. The van der Waals surface area contributed by atoms with Crippen molar-refractivity contribution >= 4 is 5.91 Å². The molecule has 3 atom stereocenters. The SMILES string of the molecule is CCN(C(=O)[C@@H]1C[C@H]1C)[C@H](C)c1ccc(C#N)cc1. The summed E-state index contributed by atoms with van der Waals surface area (Å²) in [4.78, 5) is 14.3. The zero-order chi connectivity index (χ0) is 14.0. The molecule has 1 aliphatic rings. The molecule has 2 rings (SSSR count). The van der Waals surface area contributed by atoms with Gasteiger partial charge in [0.05, 0.1) is 17.7 Å². The van der Waals surface area contributed by atoms with Gasteiger partial charge in [-0.25, -0.2) is 0 Å². The van der Waals surface area contributed by atoms with Gasteiger partial charge in [0.25, 0.3) is 0 Å². The topological polar surface area (TPSA) is 44.1 Å². The largest absolute Gasteiger partial charge is 0.336 e. The van der Waals surface area contributed by atoms with Crippen LogP contribution in [0.25, 0.3) is 0 Å². The van der Waals surface area contributed by atoms with Crippen LogP contribution in [0, 0.1) is 23.2 Å². The average molecular weight is 256 g/mol. The molecule has 0 saturated heterocycles. The van der Waals surface area contributed by atoms with Crippen LogP contribution in [0.3, 0.4) is 0 Å². The Kier molecular flexibility index (Phi) is 3.90. The highest BCUT2D eigenvalue weighted by atomic mass is 16.2. The fourth-order valence-corrected chi connectivity index (χ4v) is 2.52. The molecule has 1 saturated carbocycles. The summed E-state index contributed by atoms with van der Waals surface area (Å²) >= 11 is 0. The summed E-state index contributed by atoms with van der Waals surface area (Å²) in [6.45, 7) is 6.92. The molecule has 1 amide bonds. The summed E-state index contributed by atoms with van der Waals surface area (Å²) in [5.41, 5.74) is 1.74. The van der Waals surface area contributed by atoms with Gasteiger partial charge in [-0.3, -0.25) is 4.79 Å². The second-order valence-corrected chi connectivity index (χ2v) is 5.35. The monoisotopic (exact) mass is 256 g/mol. The third-order valence-electron chi connectivity index (χ3n) is 4.04. The van der Waals surface area contributed by atoms with Crippen LogP contribution in [-0.4, -0.2) is 17.4 Å². The molecule has 0 unspecified atom stereocenters. The highest BCUT2D eigenvalue weighted by Gasteiger charge is 2.42. The number of hydrogen-bond donors (Lipinski definition) is 0. The number of amides is 1. The van der Waals surface area contributed by atoms with Crippen LogP contribution in [0.4, 0.5) is 0 Å². The number of hydrogen-bond acceptors (Lipinski definition) is 2. The number of benzene rings is 1. The quantitative estimate of drug-likeness (QED) is 0.830. The summed E-state index contributed by atoms with van der Waals surface area (Å²) in [7, 11) is 0. The van der Waals surface area contributed by atoms with E-state index < -0.39 is 0 Å². The van der Waals surface area contributed by atoms with Crippen molar-refractivity contribution in [1.29, 1.82) is 5.26 Å². The van der Waals surface area contributed by atoms with Crippen LogP contribution in [-0.2, 0) is 4.79 Å². The second-order valence-electron chi connectivity index (χ2n) is 5.35. The molecule has 0 spiro atoms. The van der Waals surface area contributed by atoms with Gasteiger partial charge < -0.3 is 4.90 Å². The van der Waals surface area contributed by atoms with Gasteiger partial charge in [-0.05, 0) is 43.9 Å². The van der Waals surface area contributed by atoms with Crippen molar-refractivity contribution in [2.75, 3.05) is 6.54 Å². The third-order valence-corrected chi connectivity index (χ3v) is 4.04. The Hall–Kier alpha value is -1.82. The molecule has 0 bridgehead atoms. The normalized spacial score (nSPS) is 22.4. The predicted octanol–water partition coefficient (Wildman–Crippen LogP) is 3.12. The van der Waals surface area contributed by atoms with E-state index in [0.717, 1.165) is 18.5 Å². The smallest absolute Gasteiger partial charge is 0.226 e. The van der Waals surface area contributed by atoms with Crippen LogP contribution >= 0.6 is 0 Å². The zero-order valence-electron chi connectivity index (χ0n) is 11.8. The number of nitrogens with zero attached hydrogens (tertiary/aromatic N) is 2. The predicted molar refractivity (Wildman–Crippen MR) is 74.2 cm³/mol. The summed E-state index contributed by atoms with van der Waals surface area (Å²) in [6, 6.07) is 9.68. The van der Waals surface area contributed by atoms with Gasteiger partial charge in [0.15, 0.2) is 0 Å². The molecule has 3 heteroatoms. The van der Waals surface area contributed by atoms with Crippen molar-refractivity contribution < 1.29 is 4.79 Å².